The van der Waals surface area contributed by atoms with E-state index in [9.17, 15) is 9.59 Å². The summed E-state index contributed by atoms with van der Waals surface area (Å²) in [6, 6.07) is 2.07. The molecule has 1 N–H and O–H groups in total. The number of nitrogens with one attached hydrogen (secondary N) is 1. The number of ketones is 1. The second-order valence-electron chi connectivity index (χ2n) is 6.48. The summed E-state index contributed by atoms with van der Waals surface area (Å²) in [5.41, 5.74) is 2.39. The van der Waals surface area contributed by atoms with Crippen molar-refractivity contribution in [2.75, 3.05) is 33.2 Å². The van der Waals surface area contributed by atoms with Gasteiger partial charge in [-0.3, -0.25) is 9.36 Å². The highest BCUT2D eigenvalue weighted by Crippen LogP contribution is 2.23. The van der Waals surface area contributed by atoms with E-state index in [1.807, 2.05) is 19.9 Å². The van der Waals surface area contributed by atoms with Crippen LogP contribution in [0.25, 0.3) is 0 Å². The summed E-state index contributed by atoms with van der Waals surface area (Å²) in [6.45, 7) is 7.65. The summed E-state index contributed by atoms with van der Waals surface area (Å²) in [6.07, 6.45) is 0.704. The van der Waals surface area contributed by atoms with E-state index in [1.54, 1.807) is 18.8 Å². The Hall–Kier alpha value is -1.84. The van der Waals surface area contributed by atoms with Crippen molar-refractivity contribution in [1.29, 1.82) is 0 Å². The Kier molecular flexibility index (Phi) is 7.88. The van der Waals surface area contributed by atoms with Crippen LogP contribution in [0.4, 0.5) is 0 Å². The molecule has 8 nitrogen and oxygen atoms in total. The fourth-order valence-electron chi connectivity index (χ4n) is 3.24. The topological polar surface area (TPSA) is 91.1 Å². The smallest absolute Gasteiger partial charge is 0.343 e. The minimum absolute atomic E-state index is 0.0165. The summed E-state index contributed by atoms with van der Waals surface area (Å²) < 4.78 is 13.9. The van der Waals surface area contributed by atoms with Gasteiger partial charge in [0.1, 0.15) is 0 Å². The monoisotopic (exact) mass is 396 g/mol. The number of methoxy groups -OCH3 is 2. The van der Waals surface area contributed by atoms with Crippen molar-refractivity contribution in [1.82, 2.24) is 19.3 Å². The van der Waals surface area contributed by atoms with Gasteiger partial charge >= 0.3 is 5.69 Å². The Morgan fingerprint density at radius 1 is 1.33 bits per heavy atom. The molecule has 0 saturated carbocycles. The Labute approximate surface area is 163 Å². The zero-order valence-corrected chi connectivity index (χ0v) is 17.4. The Balaban J connectivity index is 2.09. The molecule has 0 spiro atoms. The molecule has 9 heteroatoms. The third kappa shape index (κ3) is 5.12. The zero-order chi connectivity index (χ0) is 20.0. The van der Waals surface area contributed by atoms with Gasteiger partial charge in [-0.25, -0.2) is 9.89 Å². The number of carbonyl (C=O) groups is 1. The fraction of sp³-hybridized carbons (Fsp3) is 0.611. The van der Waals surface area contributed by atoms with Crippen LogP contribution in [0.2, 0.25) is 0 Å². The van der Waals surface area contributed by atoms with Crippen molar-refractivity contribution in [3.63, 3.8) is 0 Å². The lowest BCUT2D eigenvalue weighted by molar-refractivity contribution is 0.102. The minimum Gasteiger partial charge on any atom is -0.385 e. The molecule has 2 aromatic rings. The molecule has 150 valence electrons. The number of H-pyrrole nitrogens is 1. The summed E-state index contributed by atoms with van der Waals surface area (Å²) in [5.74, 6) is 0.236. The highest BCUT2D eigenvalue weighted by atomic mass is 32.2. The molecule has 0 saturated heterocycles. The first-order chi connectivity index (χ1) is 12.9. The highest BCUT2D eigenvalue weighted by molar-refractivity contribution is 7.99. The van der Waals surface area contributed by atoms with E-state index in [0.717, 1.165) is 11.4 Å². The Morgan fingerprint density at radius 2 is 2.07 bits per heavy atom. The number of thioether (sulfide) groups is 1. The molecule has 0 amide bonds. The van der Waals surface area contributed by atoms with Gasteiger partial charge in [-0.2, -0.15) is 0 Å². The molecule has 0 fully saturated rings. The molecule has 27 heavy (non-hydrogen) atoms. The maximum atomic E-state index is 12.8. The second-order valence-corrected chi connectivity index (χ2v) is 7.42. The molecule has 2 aromatic heterocycles. The van der Waals surface area contributed by atoms with Crippen LogP contribution in [0.3, 0.4) is 0 Å². The van der Waals surface area contributed by atoms with Gasteiger partial charge in [-0.05, 0) is 33.3 Å². The zero-order valence-electron chi connectivity index (χ0n) is 16.6. The summed E-state index contributed by atoms with van der Waals surface area (Å²) in [4.78, 5) is 24.6. The number of hydrogen-bond acceptors (Lipinski definition) is 6. The molecular weight excluding hydrogens is 368 g/mol. The van der Waals surface area contributed by atoms with E-state index in [2.05, 4.69) is 21.7 Å². The van der Waals surface area contributed by atoms with Gasteiger partial charge in [-0.1, -0.05) is 11.8 Å². The predicted molar refractivity (Wildman–Crippen MR) is 105 cm³/mol. The van der Waals surface area contributed by atoms with Gasteiger partial charge in [-0.15, -0.1) is 5.10 Å². The predicted octanol–water partition coefficient (Wildman–Crippen LogP) is 2.21. The lowest BCUT2D eigenvalue weighted by atomic mass is 10.2. The van der Waals surface area contributed by atoms with Crippen molar-refractivity contribution in [2.24, 2.45) is 0 Å². The number of rotatable bonds is 11. The Bertz CT molecular complexity index is 824. The number of ether oxygens (including phenoxy) is 2. The van der Waals surface area contributed by atoms with E-state index in [-0.39, 0.29) is 23.3 Å². The van der Waals surface area contributed by atoms with E-state index < -0.39 is 0 Å². The normalized spacial score (nSPS) is 12.5. The summed E-state index contributed by atoms with van der Waals surface area (Å²) >= 11 is 1.27. The maximum absolute atomic E-state index is 12.8. The number of aryl methyl sites for hydroxylation is 1. The average molecular weight is 397 g/mol. The summed E-state index contributed by atoms with van der Waals surface area (Å²) in [5, 5.41) is 7.00. The van der Waals surface area contributed by atoms with Gasteiger partial charge in [0.05, 0.1) is 18.4 Å². The average Bonchev–Trinajstić information content (AvgIpc) is 3.13. The number of carbonyl (C=O) groups excluding carboxylic acids is 1. The minimum atomic E-state index is -0.271. The lowest BCUT2D eigenvalue weighted by Crippen LogP contribution is -2.19. The quantitative estimate of drug-likeness (QED) is 0.356. The number of Topliss-reactive ketones (excluding diaryl/α,β-unsaturated/α-hetero) is 1. The van der Waals surface area contributed by atoms with Crippen LogP contribution < -0.4 is 5.69 Å². The van der Waals surface area contributed by atoms with E-state index in [1.165, 1.54) is 11.8 Å². The molecule has 0 bridgehead atoms. The molecule has 0 radical (unpaired) electrons. The number of nitrogens with zero attached hydrogens (tertiary/aromatic N) is 3. The number of aromatic nitrogens is 4. The first-order valence-corrected chi connectivity index (χ1v) is 9.86. The molecule has 0 aliphatic rings. The molecule has 0 aliphatic heterocycles. The number of hydrogen-bond donors (Lipinski definition) is 1. The van der Waals surface area contributed by atoms with Crippen LogP contribution >= 0.6 is 11.8 Å². The van der Waals surface area contributed by atoms with Gasteiger partial charge < -0.3 is 14.0 Å². The van der Waals surface area contributed by atoms with Crippen molar-refractivity contribution in [3.05, 3.63) is 33.5 Å². The maximum Gasteiger partial charge on any atom is 0.343 e. The molecule has 2 rings (SSSR count). The lowest BCUT2D eigenvalue weighted by Gasteiger charge is -2.17. The van der Waals surface area contributed by atoms with Crippen LogP contribution in [0, 0.1) is 13.8 Å². The Morgan fingerprint density at radius 3 is 2.74 bits per heavy atom. The van der Waals surface area contributed by atoms with E-state index >= 15 is 0 Å². The molecule has 0 aliphatic carbocycles. The van der Waals surface area contributed by atoms with Crippen LogP contribution in [0.1, 0.15) is 41.1 Å². The van der Waals surface area contributed by atoms with Crippen LogP contribution in [-0.4, -0.2) is 58.3 Å². The molecule has 1 atom stereocenters. The van der Waals surface area contributed by atoms with Crippen LogP contribution in [0.5, 0.6) is 0 Å². The largest absolute Gasteiger partial charge is 0.385 e. The van der Waals surface area contributed by atoms with Crippen molar-refractivity contribution < 1.29 is 14.3 Å². The van der Waals surface area contributed by atoms with Crippen molar-refractivity contribution in [2.45, 2.75) is 44.9 Å². The van der Waals surface area contributed by atoms with E-state index in [4.69, 9.17) is 9.47 Å². The van der Waals surface area contributed by atoms with Crippen LogP contribution in [-0.2, 0) is 16.0 Å². The molecule has 2 heterocycles. The van der Waals surface area contributed by atoms with Crippen molar-refractivity contribution >= 4 is 17.5 Å². The van der Waals surface area contributed by atoms with Gasteiger partial charge in [0.25, 0.3) is 0 Å². The van der Waals surface area contributed by atoms with Gasteiger partial charge in [0.15, 0.2) is 10.9 Å². The van der Waals surface area contributed by atoms with Crippen LogP contribution in [0.15, 0.2) is 16.0 Å². The molecular formula is C18H28N4O4S. The van der Waals surface area contributed by atoms with Gasteiger partial charge in [0.2, 0.25) is 0 Å². The van der Waals surface area contributed by atoms with E-state index in [0.29, 0.717) is 36.9 Å². The number of aromatic amines is 1. The molecule has 0 aromatic carbocycles. The third-order valence-electron chi connectivity index (χ3n) is 4.42. The van der Waals surface area contributed by atoms with Crippen molar-refractivity contribution in [3.8, 4) is 0 Å². The molecule has 1 unspecified atom stereocenters. The second kappa shape index (κ2) is 9.91. The standard InChI is InChI=1S/C18H28N4O4S/c1-12-9-15(14(3)22(12)13(2)10-26-5)16(23)11-27-18-20-19-17(24)21(18)7-6-8-25-4/h9,13H,6-8,10-11H2,1-5H3,(H,19,24). The fourth-order valence-corrected chi connectivity index (χ4v) is 4.09. The first-order valence-electron chi connectivity index (χ1n) is 8.88. The first kappa shape index (κ1) is 21.5. The summed E-state index contributed by atoms with van der Waals surface area (Å²) in [7, 11) is 3.29. The highest BCUT2D eigenvalue weighted by Gasteiger charge is 2.20. The third-order valence-corrected chi connectivity index (χ3v) is 5.40. The van der Waals surface area contributed by atoms with Gasteiger partial charge in [0, 0.05) is 44.3 Å². The SMILES string of the molecule is COCCCn1c(SCC(=O)c2cc(C)n(C(C)COC)c2C)n[nH]c1=O.